The van der Waals surface area contributed by atoms with E-state index in [2.05, 4.69) is 47.9 Å². The van der Waals surface area contributed by atoms with Gasteiger partial charge in [0, 0.05) is 37.8 Å². The smallest absolute Gasteiger partial charge is 0.0497 e. The monoisotopic (exact) mass is 273 g/mol. The van der Waals surface area contributed by atoms with Crippen molar-refractivity contribution in [1.29, 1.82) is 0 Å². The van der Waals surface area contributed by atoms with Crippen LogP contribution in [0.25, 0.3) is 0 Å². The summed E-state index contributed by atoms with van der Waals surface area (Å²) in [7, 11) is 0. The fraction of sp³-hybridized carbons (Fsp3) is 0.647. The highest BCUT2D eigenvalue weighted by molar-refractivity contribution is 5.26. The summed E-state index contributed by atoms with van der Waals surface area (Å²) in [5.41, 5.74) is 9.04. The first-order valence-corrected chi connectivity index (χ1v) is 7.95. The second-order valence-corrected chi connectivity index (χ2v) is 6.55. The Kier molecular flexibility index (Phi) is 4.11. The number of aryl methyl sites for hydroxylation is 1. The molecule has 1 aromatic rings. The molecule has 0 radical (unpaired) electrons. The van der Waals surface area contributed by atoms with Gasteiger partial charge in [0.05, 0.1) is 0 Å². The van der Waals surface area contributed by atoms with Crippen molar-refractivity contribution in [2.24, 2.45) is 5.73 Å². The normalized spacial score (nSPS) is 27.2. The number of hydrogen-bond donors (Lipinski definition) is 1. The number of fused-ring (bicyclic) bond motifs is 1. The zero-order valence-electron chi connectivity index (χ0n) is 12.8. The first kappa shape index (κ1) is 14.1. The topological polar surface area (TPSA) is 32.5 Å². The molecule has 2 fully saturated rings. The first-order valence-electron chi connectivity index (χ1n) is 7.95. The molecular weight excluding hydrogens is 246 g/mol. The van der Waals surface area contributed by atoms with Gasteiger partial charge < -0.3 is 5.73 Å². The molecule has 2 N–H and O–H groups in total. The minimum absolute atomic E-state index is 0.171. The van der Waals surface area contributed by atoms with Crippen LogP contribution in [0, 0.1) is 6.92 Å². The van der Waals surface area contributed by atoms with Gasteiger partial charge in [-0.3, -0.25) is 9.80 Å². The van der Waals surface area contributed by atoms with Gasteiger partial charge in [-0.25, -0.2) is 0 Å². The van der Waals surface area contributed by atoms with Crippen molar-refractivity contribution in [2.75, 3.05) is 26.2 Å². The molecule has 0 aliphatic carbocycles. The van der Waals surface area contributed by atoms with Crippen molar-refractivity contribution in [1.82, 2.24) is 9.80 Å². The van der Waals surface area contributed by atoms with E-state index in [4.69, 9.17) is 5.73 Å². The van der Waals surface area contributed by atoms with Crippen LogP contribution in [0.15, 0.2) is 24.3 Å². The average molecular weight is 273 g/mol. The quantitative estimate of drug-likeness (QED) is 0.916. The summed E-state index contributed by atoms with van der Waals surface area (Å²) in [6, 6.07) is 10.1. The van der Waals surface area contributed by atoms with Gasteiger partial charge in [0.15, 0.2) is 0 Å². The van der Waals surface area contributed by atoms with E-state index in [0.717, 1.165) is 12.6 Å². The summed E-state index contributed by atoms with van der Waals surface area (Å²) >= 11 is 0. The number of hydrogen-bond acceptors (Lipinski definition) is 3. The molecule has 2 aliphatic heterocycles. The number of benzene rings is 1. The van der Waals surface area contributed by atoms with Crippen LogP contribution in [0.5, 0.6) is 0 Å². The fourth-order valence-corrected chi connectivity index (χ4v) is 3.97. The largest absolute Gasteiger partial charge is 0.326 e. The molecule has 3 nitrogen and oxygen atoms in total. The van der Waals surface area contributed by atoms with E-state index in [1.165, 1.54) is 43.6 Å². The molecule has 3 atom stereocenters. The van der Waals surface area contributed by atoms with Crippen LogP contribution in [0.3, 0.4) is 0 Å². The minimum atomic E-state index is 0.171. The Hall–Kier alpha value is -0.900. The van der Waals surface area contributed by atoms with E-state index in [1.54, 1.807) is 0 Å². The van der Waals surface area contributed by atoms with E-state index < -0.39 is 0 Å². The summed E-state index contributed by atoms with van der Waals surface area (Å²) in [4.78, 5) is 5.27. The highest BCUT2D eigenvalue weighted by Gasteiger charge is 2.34. The van der Waals surface area contributed by atoms with Gasteiger partial charge in [0.2, 0.25) is 0 Å². The van der Waals surface area contributed by atoms with Crippen LogP contribution < -0.4 is 5.73 Å². The maximum Gasteiger partial charge on any atom is 0.0497 e. The van der Waals surface area contributed by atoms with Crippen LogP contribution in [-0.2, 0) is 0 Å². The summed E-state index contributed by atoms with van der Waals surface area (Å²) < 4.78 is 0. The average Bonchev–Trinajstić information content (AvgIpc) is 2.86. The molecular formula is C17H27N3. The lowest BCUT2D eigenvalue weighted by Crippen LogP contribution is -2.53. The molecule has 3 rings (SSSR count). The molecule has 2 heterocycles. The Labute approximate surface area is 122 Å². The summed E-state index contributed by atoms with van der Waals surface area (Å²) in [6.07, 6.45) is 2.72. The maximum absolute atomic E-state index is 6.33. The van der Waals surface area contributed by atoms with E-state index in [-0.39, 0.29) is 6.04 Å². The Morgan fingerprint density at radius 3 is 2.85 bits per heavy atom. The predicted molar refractivity (Wildman–Crippen MR) is 83.7 cm³/mol. The third-order valence-electron chi connectivity index (χ3n) is 4.89. The van der Waals surface area contributed by atoms with Crippen LogP contribution in [0.2, 0.25) is 0 Å². The summed E-state index contributed by atoms with van der Waals surface area (Å²) in [5, 5.41) is 0. The second kappa shape index (κ2) is 5.84. The highest BCUT2D eigenvalue weighted by atomic mass is 15.3. The lowest BCUT2D eigenvalue weighted by molar-refractivity contribution is 0.0635. The standard InChI is InChI=1S/C17H27N3/c1-13-5-3-6-15(11-13)17(14(2)18)20-10-9-19-8-4-7-16(19)12-20/h3,5-6,11,14,16-17H,4,7-10,12,18H2,1-2H3. The fourth-order valence-electron chi connectivity index (χ4n) is 3.97. The second-order valence-electron chi connectivity index (χ2n) is 6.55. The Morgan fingerprint density at radius 2 is 2.10 bits per heavy atom. The third kappa shape index (κ3) is 2.76. The number of nitrogens with two attached hydrogens (primary N) is 1. The predicted octanol–water partition coefficient (Wildman–Crippen LogP) is 2.16. The van der Waals surface area contributed by atoms with Crippen molar-refractivity contribution < 1.29 is 0 Å². The zero-order chi connectivity index (χ0) is 14.1. The third-order valence-corrected chi connectivity index (χ3v) is 4.89. The molecule has 20 heavy (non-hydrogen) atoms. The lowest BCUT2D eigenvalue weighted by Gasteiger charge is -2.43. The molecule has 0 bridgehead atoms. The van der Waals surface area contributed by atoms with E-state index >= 15 is 0 Å². The van der Waals surface area contributed by atoms with Gasteiger partial charge in [-0.1, -0.05) is 29.8 Å². The number of rotatable bonds is 3. The Morgan fingerprint density at radius 1 is 1.25 bits per heavy atom. The Balaban J connectivity index is 1.80. The Bertz CT molecular complexity index is 457. The molecule has 110 valence electrons. The SMILES string of the molecule is Cc1cccc(C(C(C)N)N2CCN3CCCC3C2)c1. The van der Waals surface area contributed by atoms with Gasteiger partial charge in [0.25, 0.3) is 0 Å². The maximum atomic E-state index is 6.33. The molecule has 0 amide bonds. The zero-order valence-corrected chi connectivity index (χ0v) is 12.8. The van der Waals surface area contributed by atoms with Crippen molar-refractivity contribution in [2.45, 2.75) is 44.8 Å². The molecule has 2 aliphatic rings. The first-order chi connectivity index (χ1) is 9.65. The van der Waals surface area contributed by atoms with Gasteiger partial charge in [0.1, 0.15) is 0 Å². The molecule has 3 heteroatoms. The summed E-state index contributed by atoms with van der Waals surface area (Å²) in [6.45, 7) is 9.15. The van der Waals surface area contributed by atoms with Gasteiger partial charge in [-0.05, 0) is 38.8 Å². The van der Waals surface area contributed by atoms with E-state index in [9.17, 15) is 0 Å². The minimum Gasteiger partial charge on any atom is -0.326 e. The highest BCUT2D eigenvalue weighted by Crippen LogP contribution is 2.30. The van der Waals surface area contributed by atoms with Gasteiger partial charge in [-0.2, -0.15) is 0 Å². The van der Waals surface area contributed by atoms with Crippen LogP contribution in [-0.4, -0.2) is 48.1 Å². The number of piperazine rings is 1. The van der Waals surface area contributed by atoms with Crippen LogP contribution >= 0.6 is 0 Å². The van der Waals surface area contributed by atoms with E-state index in [0.29, 0.717) is 6.04 Å². The molecule has 2 saturated heterocycles. The van der Waals surface area contributed by atoms with Crippen molar-refractivity contribution in [3.63, 3.8) is 0 Å². The van der Waals surface area contributed by atoms with E-state index in [1.807, 2.05) is 0 Å². The number of nitrogens with zero attached hydrogens (tertiary/aromatic N) is 2. The molecule has 0 spiro atoms. The molecule has 1 aromatic carbocycles. The van der Waals surface area contributed by atoms with Crippen LogP contribution in [0.1, 0.15) is 36.9 Å². The van der Waals surface area contributed by atoms with Crippen molar-refractivity contribution in [3.8, 4) is 0 Å². The molecule has 3 unspecified atom stereocenters. The molecule has 0 saturated carbocycles. The molecule has 0 aromatic heterocycles. The van der Waals surface area contributed by atoms with Crippen LogP contribution in [0.4, 0.5) is 0 Å². The van der Waals surface area contributed by atoms with Crippen molar-refractivity contribution in [3.05, 3.63) is 35.4 Å². The summed E-state index contributed by atoms with van der Waals surface area (Å²) in [5.74, 6) is 0. The van der Waals surface area contributed by atoms with Crippen molar-refractivity contribution >= 4 is 0 Å². The lowest BCUT2D eigenvalue weighted by atomic mass is 9.96. The van der Waals surface area contributed by atoms with Gasteiger partial charge in [-0.15, -0.1) is 0 Å². The van der Waals surface area contributed by atoms with Gasteiger partial charge >= 0.3 is 0 Å².